The number of carbonyl (C=O) groups excluding carboxylic acids is 2. The Morgan fingerprint density at radius 3 is 2.23 bits per heavy atom. The van der Waals surface area contributed by atoms with Gasteiger partial charge in [-0.15, -0.1) is 0 Å². The summed E-state index contributed by atoms with van der Waals surface area (Å²) in [4.78, 5) is 28.9. The van der Waals surface area contributed by atoms with Crippen molar-refractivity contribution in [2.24, 2.45) is 0 Å². The highest BCUT2D eigenvalue weighted by molar-refractivity contribution is 7.92. The van der Waals surface area contributed by atoms with Crippen LogP contribution in [0.3, 0.4) is 0 Å². The standard InChI is InChI=1S/C31H36ClN3O4S/c1-22-16-18-27(19-17-22)40(38,39)35(29-15-9-8-14-28(29)32)21-30(36)34(20-25-11-5-4-10-23(25)2)24(3)31(37)33-26-12-6-7-13-26/h4-5,8-11,14-19,24,26H,6-7,12-13,20-21H2,1-3H3,(H,33,37)/t24-/m0/s1. The number of amides is 2. The van der Waals surface area contributed by atoms with E-state index in [1.54, 1.807) is 43.3 Å². The normalized spacial score (nSPS) is 14.5. The fraction of sp³-hybridized carbons (Fsp3) is 0.355. The van der Waals surface area contributed by atoms with E-state index in [0.717, 1.165) is 46.7 Å². The average Bonchev–Trinajstić information content (AvgIpc) is 3.44. The monoisotopic (exact) mass is 581 g/mol. The highest BCUT2D eigenvalue weighted by Gasteiger charge is 2.34. The molecule has 0 spiro atoms. The molecule has 1 atom stereocenters. The van der Waals surface area contributed by atoms with Crippen LogP contribution >= 0.6 is 11.6 Å². The number of halogens is 1. The van der Waals surface area contributed by atoms with Crippen molar-refractivity contribution in [1.82, 2.24) is 10.2 Å². The Labute approximate surface area is 242 Å². The molecule has 0 saturated heterocycles. The first-order chi connectivity index (χ1) is 19.1. The third-order valence-corrected chi connectivity index (χ3v) is 9.57. The molecule has 0 aliphatic heterocycles. The zero-order valence-electron chi connectivity index (χ0n) is 23.1. The van der Waals surface area contributed by atoms with Gasteiger partial charge < -0.3 is 10.2 Å². The lowest BCUT2D eigenvalue weighted by Gasteiger charge is -2.33. The second-order valence-corrected chi connectivity index (χ2v) is 12.7. The van der Waals surface area contributed by atoms with Crippen LogP contribution < -0.4 is 9.62 Å². The number of hydrogen-bond donors (Lipinski definition) is 1. The van der Waals surface area contributed by atoms with Crippen LogP contribution in [0.4, 0.5) is 5.69 Å². The summed E-state index contributed by atoms with van der Waals surface area (Å²) in [6.45, 7) is 5.14. The summed E-state index contributed by atoms with van der Waals surface area (Å²) in [5.74, 6) is -0.757. The van der Waals surface area contributed by atoms with Crippen LogP contribution in [0.1, 0.15) is 49.3 Å². The molecule has 1 aliphatic rings. The summed E-state index contributed by atoms with van der Waals surface area (Å²) in [6.07, 6.45) is 3.96. The molecule has 0 radical (unpaired) electrons. The lowest BCUT2D eigenvalue weighted by Crippen LogP contribution is -2.52. The molecule has 1 saturated carbocycles. The van der Waals surface area contributed by atoms with E-state index >= 15 is 0 Å². The fourth-order valence-electron chi connectivity index (χ4n) is 4.95. The molecule has 212 valence electrons. The van der Waals surface area contributed by atoms with Crippen LogP contribution in [0, 0.1) is 13.8 Å². The zero-order valence-corrected chi connectivity index (χ0v) is 24.7. The molecule has 3 aromatic carbocycles. The Bertz CT molecular complexity index is 1450. The van der Waals surface area contributed by atoms with E-state index in [1.165, 1.54) is 17.0 Å². The molecule has 7 nitrogen and oxygen atoms in total. The number of anilines is 1. The van der Waals surface area contributed by atoms with Crippen LogP contribution in [0.5, 0.6) is 0 Å². The van der Waals surface area contributed by atoms with E-state index in [-0.39, 0.29) is 34.1 Å². The summed E-state index contributed by atoms with van der Waals surface area (Å²) in [5.41, 5.74) is 2.95. The van der Waals surface area contributed by atoms with Crippen LogP contribution in [-0.2, 0) is 26.2 Å². The van der Waals surface area contributed by atoms with Crippen molar-refractivity contribution in [2.75, 3.05) is 10.8 Å². The number of benzene rings is 3. The van der Waals surface area contributed by atoms with Gasteiger partial charge in [-0.3, -0.25) is 13.9 Å². The number of aryl methyl sites for hydroxylation is 2. The Hall–Kier alpha value is -3.36. The van der Waals surface area contributed by atoms with Crippen LogP contribution in [0.25, 0.3) is 0 Å². The van der Waals surface area contributed by atoms with Gasteiger partial charge in [0.15, 0.2) is 0 Å². The SMILES string of the molecule is Cc1ccc(S(=O)(=O)N(CC(=O)N(Cc2ccccc2C)[C@@H](C)C(=O)NC2CCCC2)c2ccccc2Cl)cc1. The van der Waals surface area contributed by atoms with E-state index < -0.39 is 28.5 Å². The molecule has 3 aromatic rings. The maximum atomic E-state index is 14.1. The van der Waals surface area contributed by atoms with Gasteiger partial charge in [-0.1, -0.05) is 78.5 Å². The Morgan fingerprint density at radius 1 is 0.950 bits per heavy atom. The Morgan fingerprint density at radius 2 is 1.57 bits per heavy atom. The van der Waals surface area contributed by atoms with Crippen LogP contribution in [0.2, 0.25) is 5.02 Å². The van der Waals surface area contributed by atoms with Crippen LogP contribution in [-0.4, -0.2) is 43.8 Å². The van der Waals surface area contributed by atoms with Crippen LogP contribution in [0.15, 0.2) is 77.7 Å². The van der Waals surface area contributed by atoms with Gasteiger partial charge in [-0.2, -0.15) is 0 Å². The first kappa shape index (κ1) is 29.6. The molecule has 0 unspecified atom stereocenters. The van der Waals surface area contributed by atoms with Crippen molar-refractivity contribution >= 4 is 39.1 Å². The van der Waals surface area contributed by atoms with Gasteiger partial charge in [0, 0.05) is 12.6 Å². The van der Waals surface area contributed by atoms with Gasteiger partial charge in [-0.05, 0) is 69.0 Å². The quantitative estimate of drug-likeness (QED) is 0.336. The number of carbonyl (C=O) groups is 2. The number of nitrogens with zero attached hydrogens (tertiary/aromatic N) is 2. The number of para-hydroxylation sites is 1. The van der Waals surface area contributed by atoms with Crippen molar-refractivity contribution < 1.29 is 18.0 Å². The minimum Gasteiger partial charge on any atom is -0.352 e. The number of nitrogens with one attached hydrogen (secondary N) is 1. The van der Waals surface area contributed by atoms with E-state index in [4.69, 9.17) is 11.6 Å². The minimum atomic E-state index is -4.17. The van der Waals surface area contributed by atoms with E-state index in [0.29, 0.717) is 0 Å². The molecule has 1 fully saturated rings. The Balaban J connectivity index is 1.70. The van der Waals surface area contributed by atoms with Crippen molar-refractivity contribution in [1.29, 1.82) is 0 Å². The smallest absolute Gasteiger partial charge is 0.264 e. The summed E-state index contributed by atoms with van der Waals surface area (Å²) < 4.78 is 28.9. The number of sulfonamides is 1. The molecule has 0 aromatic heterocycles. The second kappa shape index (κ2) is 12.9. The first-order valence-corrected chi connectivity index (χ1v) is 15.4. The molecular formula is C31H36ClN3O4S. The highest BCUT2D eigenvalue weighted by Crippen LogP contribution is 2.31. The topological polar surface area (TPSA) is 86.8 Å². The van der Waals surface area contributed by atoms with Crippen molar-refractivity contribution in [3.8, 4) is 0 Å². The molecule has 1 N–H and O–H groups in total. The average molecular weight is 582 g/mol. The third-order valence-electron chi connectivity index (χ3n) is 7.48. The summed E-state index contributed by atoms with van der Waals surface area (Å²) in [5, 5.41) is 3.28. The largest absolute Gasteiger partial charge is 0.352 e. The lowest BCUT2D eigenvalue weighted by molar-refractivity contribution is -0.139. The van der Waals surface area contributed by atoms with E-state index in [2.05, 4.69) is 5.32 Å². The molecule has 0 bridgehead atoms. The summed E-state index contributed by atoms with van der Waals surface area (Å²) >= 11 is 6.46. The predicted molar refractivity (Wildman–Crippen MR) is 159 cm³/mol. The number of hydrogen-bond acceptors (Lipinski definition) is 4. The first-order valence-electron chi connectivity index (χ1n) is 13.6. The maximum Gasteiger partial charge on any atom is 0.264 e. The van der Waals surface area contributed by atoms with Gasteiger partial charge in [-0.25, -0.2) is 8.42 Å². The molecule has 0 heterocycles. The maximum absolute atomic E-state index is 14.1. The van der Waals surface area contributed by atoms with Gasteiger partial charge in [0.25, 0.3) is 10.0 Å². The summed E-state index contributed by atoms with van der Waals surface area (Å²) in [7, 11) is -4.17. The number of rotatable bonds is 10. The third kappa shape index (κ3) is 6.85. The summed E-state index contributed by atoms with van der Waals surface area (Å²) in [6, 6.07) is 19.9. The van der Waals surface area contributed by atoms with E-state index in [1.807, 2.05) is 38.1 Å². The van der Waals surface area contributed by atoms with Gasteiger partial charge in [0.05, 0.1) is 15.6 Å². The predicted octanol–water partition coefficient (Wildman–Crippen LogP) is 5.63. The highest BCUT2D eigenvalue weighted by atomic mass is 35.5. The molecule has 4 rings (SSSR count). The van der Waals surface area contributed by atoms with E-state index in [9.17, 15) is 18.0 Å². The molecular weight excluding hydrogens is 546 g/mol. The fourth-order valence-corrected chi connectivity index (χ4v) is 6.67. The van der Waals surface area contributed by atoms with Gasteiger partial charge in [0.1, 0.15) is 12.6 Å². The lowest BCUT2D eigenvalue weighted by atomic mass is 10.1. The molecule has 9 heteroatoms. The van der Waals surface area contributed by atoms with Crippen molar-refractivity contribution in [2.45, 2.75) is 70.0 Å². The Kier molecular flexibility index (Phi) is 9.53. The van der Waals surface area contributed by atoms with Gasteiger partial charge >= 0.3 is 0 Å². The minimum absolute atomic E-state index is 0.0447. The van der Waals surface area contributed by atoms with Crippen molar-refractivity contribution in [3.63, 3.8) is 0 Å². The molecule has 2 amide bonds. The zero-order chi connectivity index (χ0) is 28.9. The molecule has 1 aliphatic carbocycles. The molecule has 40 heavy (non-hydrogen) atoms. The second-order valence-electron chi connectivity index (χ2n) is 10.4. The van der Waals surface area contributed by atoms with Crippen molar-refractivity contribution in [3.05, 3.63) is 94.5 Å². The van der Waals surface area contributed by atoms with Gasteiger partial charge in [0.2, 0.25) is 11.8 Å².